The van der Waals surface area contributed by atoms with Crippen LogP contribution in [0.1, 0.15) is 33.6 Å². The smallest absolute Gasteiger partial charge is 0.264 e. The lowest BCUT2D eigenvalue weighted by molar-refractivity contribution is 0.0953. The average molecular weight is 472 g/mol. The zero-order valence-electron chi connectivity index (χ0n) is 15.0. The Labute approximate surface area is 169 Å². The van der Waals surface area contributed by atoms with E-state index in [0.717, 1.165) is 18.2 Å². The quantitative estimate of drug-likeness (QED) is 0.138. The van der Waals surface area contributed by atoms with E-state index in [4.69, 9.17) is 9.69 Å². The number of carbonyl (C=O) groups excluding carboxylic acids is 2. The first-order chi connectivity index (χ1) is 13.3. The highest BCUT2D eigenvalue weighted by atomic mass is 32.2. The Morgan fingerprint density at radius 3 is 1.83 bits per heavy atom. The maximum absolute atomic E-state index is 12.2. The van der Waals surface area contributed by atoms with Crippen molar-refractivity contribution in [2.45, 2.75) is 17.7 Å². The minimum absolute atomic E-state index is 0.0128. The Kier molecular flexibility index (Phi) is 9.15. The molecule has 0 saturated carbocycles. The predicted octanol–water partition coefficient (Wildman–Crippen LogP) is -1.93. The van der Waals surface area contributed by atoms with E-state index < -0.39 is 53.3 Å². The molecule has 15 heteroatoms. The van der Waals surface area contributed by atoms with Crippen LogP contribution >= 0.6 is 0 Å². The second kappa shape index (κ2) is 10.6. The molecule has 0 atom stereocenters. The predicted molar refractivity (Wildman–Crippen MR) is 103 cm³/mol. The van der Waals surface area contributed by atoms with E-state index in [2.05, 4.69) is 10.6 Å². The van der Waals surface area contributed by atoms with E-state index in [9.17, 15) is 34.8 Å². The summed E-state index contributed by atoms with van der Waals surface area (Å²) in [6.45, 7) is -0.119. The summed E-state index contributed by atoms with van der Waals surface area (Å²) in [4.78, 5) is 23.9. The van der Waals surface area contributed by atoms with Crippen molar-refractivity contribution in [3.05, 3.63) is 29.3 Å². The number of primary sulfonamides is 1. The highest BCUT2D eigenvalue weighted by Gasteiger charge is 2.18. The van der Waals surface area contributed by atoms with Gasteiger partial charge in [0.2, 0.25) is 10.0 Å². The molecule has 0 saturated heterocycles. The van der Waals surface area contributed by atoms with Gasteiger partial charge in [-0.3, -0.25) is 14.1 Å². The topological polar surface area (TPSA) is 207 Å². The molecule has 0 fully saturated rings. The normalized spacial score (nSPS) is 12.0. The molecule has 0 radical (unpaired) electrons. The van der Waals surface area contributed by atoms with Crippen molar-refractivity contribution < 1.29 is 39.4 Å². The second-order valence-electron chi connectivity index (χ2n) is 5.85. The lowest BCUT2D eigenvalue weighted by Gasteiger charge is -2.10. The van der Waals surface area contributed by atoms with E-state index in [0.29, 0.717) is 0 Å². The Morgan fingerprint density at radius 1 is 0.931 bits per heavy atom. The minimum Gasteiger partial charge on any atom is -0.352 e. The molecule has 1 aromatic carbocycles. The number of hydrogen-bond donors (Lipinski definition) is 5. The van der Waals surface area contributed by atoms with Gasteiger partial charge in [-0.25, -0.2) is 22.0 Å². The van der Waals surface area contributed by atoms with E-state index in [1.54, 1.807) is 0 Å². The fraction of sp³-hybridized carbons (Fsp3) is 0.429. The number of hydrogen-bond acceptors (Lipinski definition) is 8. The van der Waals surface area contributed by atoms with Crippen LogP contribution in [0, 0.1) is 0 Å². The van der Waals surface area contributed by atoms with Crippen LogP contribution in [0.3, 0.4) is 0 Å². The number of benzene rings is 1. The zero-order chi connectivity index (χ0) is 22.2. The third kappa shape index (κ3) is 9.80. The van der Waals surface area contributed by atoms with Gasteiger partial charge in [-0.1, -0.05) is 0 Å². The monoisotopic (exact) mass is 471 g/mol. The highest BCUT2D eigenvalue weighted by molar-refractivity contribution is 7.89. The molecule has 1 rings (SSSR count). The summed E-state index contributed by atoms with van der Waals surface area (Å²) >= 11 is 0. The summed E-state index contributed by atoms with van der Waals surface area (Å²) in [5.74, 6) is -2.24. The fourth-order valence-corrected chi connectivity index (χ4v) is 3.60. The molecule has 0 spiro atoms. The number of amides is 2. The van der Waals surface area contributed by atoms with Crippen LogP contribution in [0.4, 0.5) is 0 Å². The van der Waals surface area contributed by atoms with Crippen LogP contribution in [0.2, 0.25) is 0 Å². The molecular formula is C14H21N3O9S3. The molecule has 12 nitrogen and oxygen atoms in total. The van der Waals surface area contributed by atoms with Crippen molar-refractivity contribution >= 4 is 42.7 Å². The van der Waals surface area contributed by atoms with E-state index in [-0.39, 0.29) is 42.8 Å². The zero-order valence-corrected chi connectivity index (χ0v) is 17.6. The van der Waals surface area contributed by atoms with Crippen LogP contribution < -0.4 is 15.8 Å². The van der Waals surface area contributed by atoms with Crippen molar-refractivity contribution in [3.8, 4) is 0 Å². The maximum atomic E-state index is 12.2. The second-order valence-corrected chi connectivity index (χ2v) is 10.1. The highest BCUT2D eigenvalue weighted by Crippen LogP contribution is 2.15. The van der Waals surface area contributed by atoms with Crippen LogP contribution in [0.15, 0.2) is 23.1 Å². The van der Waals surface area contributed by atoms with Crippen molar-refractivity contribution in [3.63, 3.8) is 0 Å². The fourth-order valence-electron chi connectivity index (χ4n) is 2.10. The number of nitrogens with two attached hydrogens (primary N) is 1. The Bertz CT molecular complexity index is 1040. The Balaban J connectivity index is 2.95. The van der Waals surface area contributed by atoms with Crippen LogP contribution in [-0.4, -0.2) is 66.2 Å². The summed E-state index contributed by atoms with van der Waals surface area (Å²) in [6.07, 6.45) is 0.0647. The molecule has 0 unspecified atom stereocenters. The van der Waals surface area contributed by atoms with Crippen molar-refractivity contribution in [2.24, 2.45) is 5.14 Å². The Hall–Kier alpha value is -2.07. The first-order valence-corrected chi connectivity index (χ1v) is 12.6. The van der Waals surface area contributed by atoms with Gasteiger partial charge in [0.25, 0.3) is 21.9 Å². The molecule has 0 heterocycles. The van der Waals surface area contributed by atoms with Crippen molar-refractivity contribution in [1.29, 1.82) is 0 Å². The van der Waals surface area contributed by atoms with E-state index in [1.807, 2.05) is 0 Å². The molecule has 5 N–H and O–H groups in total. The summed E-state index contributed by atoms with van der Waals surface area (Å²) < 4.78 is 74.2. The molecule has 2 amide bonds. The summed E-state index contributed by atoms with van der Waals surface area (Å²) in [6, 6.07) is 3.02. The SMILES string of the molecule is NS(=O)(=O)c1cc(C(=O)NCCC[SH](=O)=O)cc(C(=O)NCCCS(=O)(=O)O)c1. The number of sulfonamides is 1. The largest absolute Gasteiger partial charge is 0.352 e. The number of rotatable bonds is 11. The van der Waals surface area contributed by atoms with Gasteiger partial charge < -0.3 is 10.6 Å². The molecule has 0 aromatic heterocycles. The van der Waals surface area contributed by atoms with E-state index in [1.165, 1.54) is 0 Å². The van der Waals surface area contributed by atoms with Gasteiger partial charge in [0.05, 0.1) is 10.6 Å². The van der Waals surface area contributed by atoms with Crippen molar-refractivity contribution in [1.82, 2.24) is 10.6 Å². The third-order valence-corrected chi connectivity index (χ3v) is 5.81. The Morgan fingerprint density at radius 2 is 1.41 bits per heavy atom. The van der Waals surface area contributed by atoms with Gasteiger partial charge in [-0.15, -0.1) is 0 Å². The third-order valence-electron chi connectivity index (χ3n) is 3.43. The van der Waals surface area contributed by atoms with Gasteiger partial charge >= 0.3 is 0 Å². The van der Waals surface area contributed by atoms with Gasteiger partial charge in [0, 0.05) is 30.0 Å². The molecular weight excluding hydrogens is 450 g/mol. The first-order valence-electron chi connectivity index (χ1n) is 8.11. The molecule has 29 heavy (non-hydrogen) atoms. The lowest BCUT2D eigenvalue weighted by Crippen LogP contribution is -2.28. The number of carbonyl (C=O) groups is 2. The van der Waals surface area contributed by atoms with Gasteiger partial charge in [-0.05, 0) is 31.0 Å². The maximum Gasteiger partial charge on any atom is 0.264 e. The average Bonchev–Trinajstić information content (AvgIpc) is 2.59. The van der Waals surface area contributed by atoms with Gasteiger partial charge in [0.1, 0.15) is 10.7 Å². The molecule has 0 bridgehead atoms. The molecule has 0 aliphatic rings. The summed E-state index contributed by atoms with van der Waals surface area (Å²) in [5.41, 5.74) is -0.401. The van der Waals surface area contributed by atoms with E-state index >= 15 is 0 Å². The van der Waals surface area contributed by atoms with Crippen LogP contribution in [0.5, 0.6) is 0 Å². The minimum atomic E-state index is -4.25. The van der Waals surface area contributed by atoms with Crippen LogP contribution in [0.25, 0.3) is 0 Å². The molecule has 0 aliphatic heterocycles. The molecule has 0 aliphatic carbocycles. The summed E-state index contributed by atoms with van der Waals surface area (Å²) in [5, 5.41) is 9.80. The van der Waals surface area contributed by atoms with Gasteiger partial charge in [0.15, 0.2) is 0 Å². The van der Waals surface area contributed by atoms with Crippen LogP contribution in [-0.2, 0) is 30.8 Å². The number of thiol groups is 1. The van der Waals surface area contributed by atoms with Gasteiger partial charge in [-0.2, -0.15) is 8.42 Å². The molecule has 1 aromatic rings. The number of nitrogens with one attached hydrogen (secondary N) is 2. The lowest BCUT2D eigenvalue weighted by atomic mass is 10.1. The standard InChI is InChI=1S/C14H21N3O9S3/c15-29(25,26)12-8-10(13(18)16-3-1-5-27(20)21)7-11(9-12)14(19)17-4-2-6-28(22,23)24/h7-9,27H,1-6H2,(H,16,18)(H,17,19)(H2,15,25,26)(H,22,23,24). The summed E-state index contributed by atoms with van der Waals surface area (Å²) in [7, 11) is -11.0. The van der Waals surface area contributed by atoms with Crippen molar-refractivity contribution in [2.75, 3.05) is 24.6 Å². The first kappa shape index (κ1) is 25.0. The molecule has 164 valence electrons.